The predicted octanol–water partition coefficient (Wildman–Crippen LogP) is 3.70. The number of pyridine rings is 1. The Bertz CT molecular complexity index is 811. The summed E-state index contributed by atoms with van der Waals surface area (Å²) in [5.41, 5.74) is 8.00. The van der Waals surface area contributed by atoms with E-state index in [4.69, 9.17) is 5.73 Å². The predicted molar refractivity (Wildman–Crippen MR) is 89.1 cm³/mol. The summed E-state index contributed by atoms with van der Waals surface area (Å²) in [6.45, 7) is 2.83. The van der Waals surface area contributed by atoms with Gasteiger partial charge in [-0.2, -0.15) is 0 Å². The van der Waals surface area contributed by atoms with Gasteiger partial charge in [0.2, 0.25) is 0 Å². The van der Waals surface area contributed by atoms with Crippen molar-refractivity contribution in [2.75, 3.05) is 0 Å². The van der Waals surface area contributed by atoms with Crippen LogP contribution < -0.4 is 5.73 Å². The molecule has 0 saturated carbocycles. The molecule has 3 rings (SSSR count). The first kappa shape index (κ1) is 14.7. The van der Waals surface area contributed by atoms with Crippen LogP contribution in [0.5, 0.6) is 0 Å². The van der Waals surface area contributed by atoms with Crippen molar-refractivity contribution in [2.45, 2.75) is 29.7 Å². The monoisotopic (exact) mass is 311 g/mol. The van der Waals surface area contributed by atoms with E-state index in [1.54, 1.807) is 6.20 Å². The van der Waals surface area contributed by atoms with Crippen molar-refractivity contribution in [3.63, 3.8) is 0 Å². The maximum Gasteiger partial charge on any atom is 0.266 e. The van der Waals surface area contributed by atoms with E-state index in [9.17, 15) is 4.79 Å². The van der Waals surface area contributed by atoms with E-state index in [1.165, 1.54) is 11.8 Å². The van der Waals surface area contributed by atoms with Crippen LogP contribution >= 0.6 is 11.8 Å². The average molecular weight is 311 g/mol. The lowest BCUT2D eigenvalue weighted by Crippen LogP contribution is -2.17. The fourth-order valence-electron chi connectivity index (χ4n) is 2.55. The first-order valence-electron chi connectivity index (χ1n) is 7.22. The van der Waals surface area contributed by atoms with Crippen LogP contribution in [0.25, 0.3) is 11.0 Å². The highest BCUT2D eigenvalue weighted by atomic mass is 32.2. The molecule has 0 atom stereocenters. The second-order valence-electron chi connectivity index (χ2n) is 4.98. The second kappa shape index (κ2) is 6.23. The van der Waals surface area contributed by atoms with E-state index in [-0.39, 0.29) is 0 Å². The van der Waals surface area contributed by atoms with Crippen LogP contribution in [0.1, 0.15) is 23.8 Å². The Labute approximate surface area is 133 Å². The van der Waals surface area contributed by atoms with Crippen molar-refractivity contribution in [1.82, 2.24) is 9.55 Å². The molecule has 0 radical (unpaired) electrons. The van der Waals surface area contributed by atoms with Gasteiger partial charge in [0.1, 0.15) is 11.2 Å². The van der Waals surface area contributed by atoms with Crippen molar-refractivity contribution in [3.8, 4) is 0 Å². The number of carbonyl (C=O) groups excluding carboxylic acids is 1. The number of amides is 1. The van der Waals surface area contributed by atoms with E-state index in [1.807, 2.05) is 47.0 Å². The summed E-state index contributed by atoms with van der Waals surface area (Å²) in [5.74, 6) is -0.412. The smallest absolute Gasteiger partial charge is 0.266 e. The molecule has 0 aliphatic rings. The van der Waals surface area contributed by atoms with Crippen molar-refractivity contribution in [3.05, 3.63) is 54.4 Å². The number of aryl methyl sites for hydroxylation is 1. The quantitative estimate of drug-likeness (QED) is 0.781. The molecule has 0 spiro atoms. The van der Waals surface area contributed by atoms with Gasteiger partial charge in [-0.15, -0.1) is 0 Å². The molecule has 2 heterocycles. The lowest BCUT2D eigenvalue weighted by Gasteiger charge is -2.07. The number of fused-ring (bicyclic) bond motifs is 1. The summed E-state index contributed by atoms with van der Waals surface area (Å²) in [6.07, 6.45) is 2.67. The molecule has 0 aliphatic heterocycles. The Balaban J connectivity index is 2.23. The maximum atomic E-state index is 12.0. The third-order valence-corrected chi connectivity index (χ3v) is 4.52. The van der Waals surface area contributed by atoms with Crippen molar-refractivity contribution < 1.29 is 4.79 Å². The fraction of sp³-hybridized carbons (Fsp3) is 0.176. The Morgan fingerprint density at radius 1 is 1.23 bits per heavy atom. The molecule has 2 N–H and O–H groups in total. The average Bonchev–Trinajstić information content (AvgIpc) is 2.83. The SMILES string of the molecule is CCCn1c(C(N)=O)c(Sc2ccccc2)c2ncccc21. The zero-order valence-electron chi connectivity index (χ0n) is 12.3. The van der Waals surface area contributed by atoms with Crippen molar-refractivity contribution >= 4 is 28.7 Å². The summed E-state index contributed by atoms with van der Waals surface area (Å²) in [6, 6.07) is 13.8. The molecule has 0 fully saturated rings. The number of aromatic nitrogens is 2. The summed E-state index contributed by atoms with van der Waals surface area (Å²) in [5, 5.41) is 0. The number of hydrogen-bond donors (Lipinski definition) is 1. The Morgan fingerprint density at radius 3 is 2.68 bits per heavy atom. The number of nitrogens with two attached hydrogens (primary N) is 1. The van der Waals surface area contributed by atoms with Crippen molar-refractivity contribution in [1.29, 1.82) is 0 Å². The van der Waals surface area contributed by atoms with Crippen LogP contribution in [-0.2, 0) is 6.54 Å². The molecule has 0 bridgehead atoms. The third-order valence-electron chi connectivity index (χ3n) is 3.42. The van der Waals surface area contributed by atoms with Crippen LogP contribution in [0.4, 0.5) is 0 Å². The molecule has 2 aromatic heterocycles. The van der Waals surface area contributed by atoms with Gasteiger partial charge in [0, 0.05) is 17.6 Å². The van der Waals surface area contributed by atoms with Gasteiger partial charge >= 0.3 is 0 Å². The minimum Gasteiger partial charge on any atom is -0.364 e. The number of primary amides is 1. The van der Waals surface area contributed by atoms with Crippen molar-refractivity contribution in [2.24, 2.45) is 5.73 Å². The van der Waals surface area contributed by atoms with Gasteiger partial charge in [0.05, 0.1) is 10.4 Å². The highest BCUT2D eigenvalue weighted by Crippen LogP contribution is 2.37. The molecule has 3 aromatic rings. The van der Waals surface area contributed by atoms with Gasteiger partial charge in [0.15, 0.2) is 0 Å². The molecule has 1 amide bonds. The number of rotatable bonds is 5. The standard InChI is InChI=1S/C17H17N3OS/c1-2-11-20-13-9-6-10-19-14(13)16(15(20)17(18)21)22-12-7-4-3-5-8-12/h3-10H,2,11H2,1H3,(H2,18,21). The van der Waals surface area contributed by atoms with Crippen LogP contribution in [0.2, 0.25) is 0 Å². The van der Waals surface area contributed by atoms with Crippen LogP contribution in [0.15, 0.2) is 58.5 Å². The van der Waals surface area contributed by atoms with Crippen LogP contribution in [0.3, 0.4) is 0 Å². The highest BCUT2D eigenvalue weighted by molar-refractivity contribution is 7.99. The maximum absolute atomic E-state index is 12.0. The molecule has 112 valence electrons. The largest absolute Gasteiger partial charge is 0.364 e. The lowest BCUT2D eigenvalue weighted by molar-refractivity contribution is 0.0989. The van der Waals surface area contributed by atoms with Crippen LogP contribution in [-0.4, -0.2) is 15.5 Å². The van der Waals surface area contributed by atoms with Gasteiger partial charge in [-0.05, 0) is 30.7 Å². The second-order valence-corrected chi connectivity index (χ2v) is 6.06. The van der Waals surface area contributed by atoms with E-state index in [0.717, 1.165) is 33.8 Å². The van der Waals surface area contributed by atoms with E-state index in [2.05, 4.69) is 11.9 Å². The molecule has 0 unspecified atom stereocenters. The number of benzene rings is 1. The highest BCUT2D eigenvalue weighted by Gasteiger charge is 2.22. The summed E-state index contributed by atoms with van der Waals surface area (Å²) >= 11 is 1.53. The van der Waals surface area contributed by atoms with E-state index in [0.29, 0.717) is 5.69 Å². The molecule has 5 heteroatoms. The van der Waals surface area contributed by atoms with Gasteiger partial charge in [0.25, 0.3) is 5.91 Å². The fourth-order valence-corrected chi connectivity index (χ4v) is 3.64. The van der Waals surface area contributed by atoms with Gasteiger partial charge in [-0.25, -0.2) is 0 Å². The molecule has 0 saturated heterocycles. The zero-order valence-corrected chi connectivity index (χ0v) is 13.1. The molecular weight excluding hydrogens is 294 g/mol. The summed E-state index contributed by atoms with van der Waals surface area (Å²) < 4.78 is 1.98. The summed E-state index contributed by atoms with van der Waals surface area (Å²) in [4.78, 5) is 18.4. The molecule has 4 nitrogen and oxygen atoms in total. The Morgan fingerprint density at radius 2 is 2.00 bits per heavy atom. The van der Waals surface area contributed by atoms with Crippen LogP contribution in [0, 0.1) is 0 Å². The number of hydrogen-bond acceptors (Lipinski definition) is 3. The zero-order chi connectivity index (χ0) is 15.5. The number of nitrogens with zero attached hydrogens (tertiary/aromatic N) is 2. The van der Waals surface area contributed by atoms with Gasteiger partial charge in [-0.3, -0.25) is 9.78 Å². The normalized spacial score (nSPS) is 11.0. The third kappa shape index (κ3) is 2.60. The Kier molecular flexibility index (Phi) is 4.15. The first-order valence-corrected chi connectivity index (χ1v) is 8.04. The molecule has 1 aromatic carbocycles. The van der Waals surface area contributed by atoms with Gasteiger partial charge < -0.3 is 10.3 Å². The molecular formula is C17H17N3OS. The van der Waals surface area contributed by atoms with Gasteiger partial charge in [-0.1, -0.05) is 36.9 Å². The molecule has 0 aliphatic carbocycles. The molecule has 22 heavy (non-hydrogen) atoms. The van der Waals surface area contributed by atoms with E-state index < -0.39 is 5.91 Å². The summed E-state index contributed by atoms with van der Waals surface area (Å²) in [7, 11) is 0. The minimum atomic E-state index is -0.412. The first-order chi connectivity index (χ1) is 10.7. The lowest BCUT2D eigenvalue weighted by atomic mass is 10.3. The van der Waals surface area contributed by atoms with E-state index >= 15 is 0 Å². The Hall–Kier alpha value is -2.27. The minimum absolute atomic E-state index is 0.412. The topological polar surface area (TPSA) is 60.9 Å². The number of carbonyl (C=O) groups is 1.